The molecule has 3 aromatic carbocycles. The van der Waals surface area contributed by atoms with Crippen molar-refractivity contribution in [2.24, 2.45) is 0 Å². The van der Waals surface area contributed by atoms with Crippen LogP contribution in [0.3, 0.4) is 0 Å². The van der Waals surface area contributed by atoms with Gasteiger partial charge in [-0.1, -0.05) is 15.9 Å². The number of ether oxygens (including phenoxy) is 2. The molecule has 0 fully saturated rings. The Morgan fingerprint density at radius 1 is 0.871 bits per heavy atom. The molecule has 0 aliphatic rings. The topological polar surface area (TPSA) is 78.9 Å². The Balaban J connectivity index is 1.72. The summed E-state index contributed by atoms with van der Waals surface area (Å²) in [7, 11) is -0.869. The molecule has 0 aliphatic carbocycles. The van der Waals surface area contributed by atoms with E-state index in [-0.39, 0.29) is 16.4 Å². The van der Waals surface area contributed by atoms with Crippen LogP contribution >= 0.6 is 15.9 Å². The molecule has 0 unspecified atom stereocenters. The van der Waals surface area contributed by atoms with Gasteiger partial charge < -0.3 is 13.7 Å². The number of rotatable bonds is 8. The maximum atomic E-state index is 12.5. The molecule has 6 nitrogen and oxygen atoms in total. The number of allylic oxidation sites excluding steroid dienone is 1. The summed E-state index contributed by atoms with van der Waals surface area (Å²) < 4.78 is 41.1. The summed E-state index contributed by atoms with van der Waals surface area (Å²) >= 11 is 3.26. The summed E-state index contributed by atoms with van der Waals surface area (Å²) in [6.45, 7) is 0. The third kappa shape index (κ3) is 5.74. The summed E-state index contributed by atoms with van der Waals surface area (Å²) in [5.74, 6) is 1.08. The third-order valence-electron chi connectivity index (χ3n) is 4.30. The van der Waals surface area contributed by atoms with E-state index in [4.69, 9.17) is 13.7 Å². The van der Waals surface area contributed by atoms with Crippen LogP contribution in [0.5, 0.6) is 17.2 Å². The molecule has 0 heterocycles. The highest BCUT2D eigenvalue weighted by molar-refractivity contribution is 9.10. The van der Waals surface area contributed by atoms with Crippen LogP contribution in [0, 0.1) is 0 Å². The van der Waals surface area contributed by atoms with Gasteiger partial charge in [0.25, 0.3) is 0 Å². The van der Waals surface area contributed by atoms with Gasteiger partial charge in [-0.15, -0.1) is 0 Å². The molecule has 0 aliphatic heterocycles. The van der Waals surface area contributed by atoms with Crippen LogP contribution in [0.25, 0.3) is 6.08 Å². The Kier molecular flexibility index (Phi) is 7.14. The van der Waals surface area contributed by atoms with Crippen LogP contribution in [-0.2, 0) is 10.1 Å². The third-order valence-corrected chi connectivity index (χ3v) is 6.09. The van der Waals surface area contributed by atoms with Crippen molar-refractivity contribution < 1.29 is 26.9 Å². The van der Waals surface area contributed by atoms with Crippen molar-refractivity contribution in [1.29, 1.82) is 0 Å². The second-order valence-electron chi connectivity index (χ2n) is 6.32. The summed E-state index contributed by atoms with van der Waals surface area (Å²) in [4.78, 5) is 12.5. The highest BCUT2D eigenvalue weighted by Gasteiger charge is 2.16. The molecule has 0 aromatic heterocycles. The van der Waals surface area contributed by atoms with Crippen molar-refractivity contribution in [3.63, 3.8) is 0 Å². The number of methoxy groups -OCH3 is 2. The number of hydrogen-bond acceptors (Lipinski definition) is 6. The van der Waals surface area contributed by atoms with Crippen molar-refractivity contribution in [3.8, 4) is 17.2 Å². The van der Waals surface area contributed by atoms with Crippen molar-refractivity contribution in [2.45, 2.75) is 4.90 Å². The second kappa shape index (κ2) is 9.80. The van der Waals surface area contributed by atoms with E-state index in [1.54, 1.807) is 43.5 Å². The number of carbonyl (C=O) groups is 1. The van der Waals surface area contributed by atoms with Crippen molar-refractivity contribution in [3.05, 3.63) is 88.4 Å². The van der Waals surface area contributed by atoms with Gasteiger partial charge in [0.05, 0.1) is 14.2 Å². The van der Waals surface area contributed by atoms with E-state index in [1.807, 2.05) is 0 Å². The quantitative estimate of drug-likeness (QED) is 0.241. The lowest BCUT2D eigenvalue weighted by Gasteiger charge is -2.08. The Hall–Kier alpha value is -3.10. The fraction of sp³-hybridized carbons (Fsp3) is 0.0870. The molecule has 0 spiro atoms. The monoisotopic (exact) mass is 502 g/mol. The van der Waals surface area contributed by atoms with E-state index in [2.05, 4.69) is 15.9 Å². The van der Waals surface area contributed by atoms with Gasteiger partial charge >= 0.3 is 10.1 Å². The Bertz CT molecular complexity index is 1200. The summed E-state index contributed by atoms with van der Waals surface area (Å²) in [6.07, 6.45) is 3.06. The molecule has 8 heteroatoms. The van der Waals surface area contributed by atoms with Crippen LogP contribution in [0.1, 0.15) is 15.9 Å². The van der Waals surface area contributed by atoms with Gasteiger partial charge in [-0.05, 0) is 72.8 Å². The van der Waals surface area contributed by atoms with E-state index < -0.39 is 10.1 Å². The van der Waals surface area contributed by atoms with Gasteiger partial charge in [0.1, 0.15) is 22.1 Å². The first-order valence-electron chi connectivity index (χ1n) is 9.07. The summed E-state index contributed by atoms with van der Waals surface area (Å²) in [6, 6.07) is 17.3. The van der Waals surface area contributed by atoms with Crippen LogP contribution in [-0.4, -0.2) is 28.4 Å². The lowest BCUT2D eigenvalue weighted by molar-refractivity contribution is 0.104. The first kappa shape index (κ1) is 22.6. The maximum Gasteiger partial charge on any atom is 0.339 e. The predicted octanol–water partition coefficient (Wildman–Crippen LogP) is 5.13. The van der Waals surface area contributed by atoms with Crippen LogP contribution in [0.4, 0.5) is 0 Å². The van der Waals surface area contributed by atoms with Gasteiger partial charge in [-0.2, -0.15) is 8.42 Å². The number of ketones is 1. The number of hydrogen-bond donors (Lipinski definition) is 0. The van der Waals surface area contributed by atoms with Crippen LogP contribution < -0.4 is 13.7 Å². The van der Waals surface area contributed by atoms with Gasteiger partial charge in [0, 0.05) is 21.7 Å². The molecule has 0 saturated heterocycles. The molecular formula is C23H19BrO6S. The molecule has 3 rings (SSSR count). The minimum atomic E-state index is -3.97. The SMILES string of the molecule is COc1ccc(C=CC(=O)c2ccc(OS(=O)(=O)c3ccc(Br)cc3)cc2)c(OC)c1. The van der Waals surface area contributed by atoms with E-state index >= 15 is 0 Å². The summed E-state index contributed by atoms with van der Waals surface area (Å²) in [5.41, 5.74) is 1.11. The lowest BCUT2D eigenvalue weighted by atomic mass is 10.1. The van der Waals surface area contributed by atoms with Crippen molar-refractivity contribution in [2.75, 3.05) is 14.2 Å². The smallest absolute Gasteiger partial charge is 0.339 e. The highest BCUT2D eigenvalue weighted by atomic mass is 79.9. The molecule has 0 saturated carbocycles. The van der Waals surface area contributed by atoms with E-state index in [1.165, 1.54) is 49.6 Å². The average molecular weight is 503 g/mol. The molecule has 0 bridgehead atoms. The number of carbonyl (C=O) groups excluding carboxylic acids is 1. The molecule has 160 valence electrons. The van der Waals surface area contributed by atoms with Gasteiger partial charge in [0.15, 0.2) is 5.78 Å². The predicted molar refractivity (Wildman–Crippen MR) is 121 cm³/mol. The first-order chi connectivity index (χ1) is 14.8. The molecule has 3 aromatic rings. The zero-order chi connectivity index (χ0) is 22.4. The van der Waals surface area contributed by atoms with Gasteiger partial charge in [-0.3, -0.25) is 4.79 Å². The van der Waals surface area contributed by atoms with Crippen molar-refractivity contribution in [1.82, 2.24) is 0 Å². The zero-order valence-electron chi connectivity index (χ0n) is 16.7. The zero-order valence-corrected chi connectivity index (χ0v) is 19.1. The average Bonchev–Trinajstić information content (AvgIpc) is 2.77. The molecule has 0 radical (unpaired) electrons. The fourth-order valence-corrected chi connectivity index (χ4v) is 3.86. The lowest BCUT2D eigenvalue weighted by Crippen LogP contribution is -2.09. The minimum absolute atomic E-state index is 0.0345. The van der Waals surface area contributed by atoms with Crippen molar-refractivity contribution >= 4 is 37.9 Å². The van der Waals surface area contributed by atoms with Gasteiger partial charge in [-0.25, -0.2) is 0 Å². The first-order valence-corrected chi connectivity index (χ1v) is 11.3. The molecular weight excluding hydrogens is 484 g/mol. The number of halogens is 1. The normalized spacial score (nSPS) is 11.3. The Morgan fingerprint density at radius 3 is 2.13 bits per heavy atom. The Labute approximate surface area is 189 Å². The number of benzene rings is 3. The summed E-state index contributed by atoms with van der Waals surface area (Å²) in [5, 5.41) is 0. The van der Waals surface area contributed by atoms with Crippen LogP contribution in [0.2, 0.25) is 0 Å². The van der Waals surface area contributed by atoms with Crippen LogP contribution in [0.15, 0.2) is 82.2 Å². The van der Waals surface area contributed by atoms with Gasteiger partial charge in [0.2, 0.25) is 0 Å². The minimum Gasteiger partial charge on any atom is -0.497 e. The standard InChI is InChI=1S/C23H19BrO6S/c1-28-20-11-5-17(23(15-20)29-2)6-14-22(25)16-3-9-19(10-4-16)30-31(26,27)21-12-7-18(24)8-13-21/h3-15H,1-2H3. The Morgan fingerprint density at radius 2 is 1.52 bits per heavy atom. The highest BCUT2D eigenvalue weighted by Crippen LogP contribution is 2.26. The molecule has 0 amide bonds. The molecule has 0 atom stereocenters. The molecule has 31 heavy (non-hydrogen) atoms. The fourth-order valence-electron chi connectivity index (χ4n) is 2.67. The van der Waals surface area contributed by atoms with E-state index in [9.17, 15) is 13.2 Å². The largest absolute Gasteiger partial charge is 0.497 e. The molecule has 0 N–H and O–H groups in total. The van der Waals surface area contributed by atoms with E-state index in [0.29, 0.717) is 17.1 Å². The van der Waals surface area contributed by atoms with E-state index in [0.717, 1.165) is 10.0 Å². The maximum absolute atomic E-state index is 12.5. The second-order valence-corrected chi connectivity index (χ2v) is 8.78.